The number of aromatic nitrogens is 1. The molecule has 0 radical (unpaired) electrons. The summed E-state index contributed by atoms with van der Waals surface area (Å²) in [6.07, 6.45) is 1.66. The monoisotopic (exact) mass is 208 g/mol. The number of nitrogen functional groups attached to an aromatic ring is 1. The van der Waals surface area contributed by atoms with Crippen LogP contribution in [0.5, 0.6) is 0 Å². The zero-order valence-corrected chi connectivity index (χ0v) is 8.38. The summed E-state index contributed by atoms with van der Waals surface area (Å²) in [4.78, 5) is 4.09. The minimum absolute atomic E-state index is 0.539. The van der Waals surface area contributed by atoms with E-state index in [1.165, 1.54) is 0 Å². The van der Waals surface area contributed by atoms with Gasteiger partial charge in [-0.2, -0.15) is 0 Å². The van der Waals surface area contributed by atoms with Gasteiger partial charge in [-0.05, 0) is 25.1 Å². The Balaban J connectivity index is 2.51. The first-order chi connectivity index (χ1) is 6.65. The van der Waals surface area contributed by atoms with Gasteiger partial charge in [-0.3, -0.25) is 0 Å². The maximum atomic E-state index is 5.86. The van der Waals surface area contributed by atoms with Crippen LogP contribution in [0.25, 0.3) is 11.5 Å². The quantitative estimate of drug-likeness (QED) is 0.734. The fraction of sp³-hybridized carbons (Fsp3) is 0.100. The molecule has 72 valence electrons. The number of hydrogen-bond acceptors (Lipinski definition) is 3. The number of rotatable bonds is 1. The average Bonchev–Trinajstić information content (AvgIpc) is 2.50. The van der Waals surface area contributed by atoms with Crippen molar-refractivity contribution in [2.45, 2.75) is 6.92 Å². The fourth-order valence-corrected chi connectivity index (χ4v) is 1.47. The highest BCUT2D eigenvalue weighted by molar-refractivity contribution is 6.31. The molecule has 0 saturated carbocycles. The van der Waals surface area contributed by atoms with Crippen molar-refractivity contribution in [2.24, 2.45) is 0 Å². The summed E-state index contributed by atoms with van der Waals surface area (Å²) >= 11 is 5.86. The zero-order chi connectivity index (χ0) is 10.1. The van der Waals surface area contributed by atoms with Gasteiger partial charge in [0.1, 0.15) is 5.76 Å². The van der Waals surface area contributed by atoms with E-state index in [0.717, 1.165) is 11.3 Å². The molecule has 0 unspecified atom stereocenters. The van der Waals surface area contributed by atoms with E-state index in [9.17, 15) is 0 Å². The van der Waals surface area contributed by atoms with Gasteiger partial charge in [0.15, 0.2) is 0 Å². The van der Waals surface area contributed by atoms with E-state index in [4.69, 9.17) is 21.8 Å². The zero-order valence-electron chi connectivity index (χ0n) is 7.62. The molecule has 0 aliphatic rings. The molecule has 2 N–H and O–H groups in total. The maximum absolute atomic E-state index is 5.86. The molecule has 0 spiro atoms. The predicted octanol–water partition coefficient (Wildman–Crippen LogP) is 2.89. The molecule has 0 fully saturated rings. The van der Waals surface area contributed by atoms with E-state index in [1.807, 2.05) is 6.92 Å². The summed E-state index contributed by atoms with van der Waals surface area (Å²) in [5, 5.41) is 0.579. The summed E-state index contributed by atoms with van der Waals surface area (Å²) in [6.45, 7) is 1.84. The van der Waals surface area contributed by atoms with Gasteiger partial charge in [0.2, 0.25) is 5.89 Å². The first-order valence-corrected chi connectivity index (χ1v) is 4.52. The summed E-state index contributed by atoms with van der Waals surface area (Å²) in [5.41, 5.74) is 7.04. The molecule has 0 amide bonds. The predicted molar refractivity (Wildman–Crippen MR) is 56.1 cm³/mol. The molecule has 0 aliphatic carbocycles. The van der Waals surface area contributed by atoms with Crippen LogP contribution in [-0.4, -0.2) is 4.98 Å². The molecule has 1 aromatic heterocycles. The van der Waals surface area contributed by atoms with E-state index >= 15 is 0 Å². The molecule has 3 nitrogen and oxygen atoms in total. The Labute approximate surface area is 86.5 Å². The smallest absolute Gasteiger partial charge is 0.226 e. The molecule has 4 heteroatoms. The molecule has 0 saturated heterocycles. The Kier molecular flexibility index (Phi) is 2.17. The number of anilines is 1. The summed E-state index contributed by atoms with van der Waals surface area (Å²) in [5.74, 6) is 1.30. The second-order valence-corrected chi connectivity index (χ2v) is 3.49. The summed E-state index contributed by atoms with van der Waals surface area (Å²) < 4.78 is 5.35. The third-order valence-corrected chi connectivity index (χ3v) is 2.01. The van der Waals surface area contributed by atoms with Gasteiger partial charge in [-0.15, -0.1) is 0 Å². The fourth-order valence-electron chi connectivity index (χ4n) is 1.22. The molecule has 1 heterocycles. The van der Waals surface area contributed by atoms with Crippen LogP contribution in [0.3, 0.4) is 0 Å². The Morgan fingerprint density at radius 3 is 2.71 bits per heavy atom. The van der Waals surface area contributed by atoms with Crippen molar-refractivity contribution in [3.63, 3.8) is 0 Å². The summed E-state index contributed by atoms with van der Waals surface area (Å²) in [7, 11) is 0. The normalized spacial score (nSPS) is 10.4. The second kappa shape index (κ2) is 3.35. The largest absolute Gasteiger partial charge is 0.441 e. The number of halogens is 1. The van der Waals surface area contributed by atoms with Crippen LogP contribution in [0.1, 0.15) is 5.76 Å². The number of aryl methyl sites for hydroxylation is 1. The molecule has 0 atom stereocenters. The first kappa shape index (κ1) is 9.09. The first-order valence-electron chi connectivity index (χ1n) is 4.14. The third-order valence-electron chi connectivity index (χ3n) is 1.79. The van der Waals surface area contributed by atoms with Crippen LogP contribution in [0, 0.1) is 6.92 Å². The van der Waals surface area contributed by atoms with Crippen LogP contribution in [0.4, 0.5) is 5.69 Å². The third kappa shape index (κ3) is 1.72. The van der Waals surface area contributed by atoms with Gasteiger partial charge in [-0.25, -0.2) is 4.98 Å². The highest BCUT2D eigenvalue weighted by Crippen LogP contribution is 2.25. The van der Waals surface area contributed by atoms with Gasteiger partial charge in [-0.1, -0.05) is 11.6 Å². The standard InChI is InChI=1S/C10H9ClN2O/c1-6-5-13-10(14-6)7-2-8(11)4-9(12)3-7/h2-5H,12H2,1H3. The van der Waals surface area contributed by atoms with Crippen LogP contribution >= 0.6 is 11.6 Å². The summed E-state index contributed by atoms with van der Waals surface area (Å²) in [6, 6.07) is 5.22. The molecule has 14 heavy (non-hydrogen) atoms. The van der Waals surface area contributed by atoms with E-state index in [1.54, 1.807) is 24.4 Å². The van der Waals surface area contributed by atoms with Gasteiger partial charge < -0.3 is 10.2 Å². The second-order valence-electron chi connectivity index (χ2n) is 3.05. The lowest BCUT2D eigenvalue weighted by molar-refractivity contribution is 0.542. The van der Waals surface area contributed by atoms with Crippen molar-refractivity contribution in [2.75, 3.05) is 5.73 Å². The minimum atomic E-state index is 0.539. The van der Waals surface area contributed by atoms with Crippen molar-refractivity contribution in [3.05, 3.63) is 35.2 Å². The van der Waals surface area contributed by atoms with E-state index in [-0.39, 0.29) is 0 Å². The Hall–Kier alpha value is -1.48. The molecule has 0 aliphatic heterocycles. The van der Waals surface area contributed by atoms with Crippen molar-refractivity contribution in [1.29, 1.82) is 0 Å². The number of nitrogens with zero attached hydrogens (tertiary/aromatic N) is 1. The van der Waals surface area contributed by atoms with Crippen molar-refractivity contribution in [1.82, 2.24) is 4.98 Å². The molecule has 0 bridgehead atoms. The van der Waals surface area contributed by atoms with Crippen LogP contribution in [0.2, 0.25) is 5.02 Å². The van der Waals surface area contributed by atoms with E-state index in [2.05, 4.69) is 4.98 Å². The van der Waals surface area contributed by atoms with Gasteiger partial charge in [0.25, 0.3) is 0 Å². The number of oxazole rings is 1. The van der Waals surface area contributed by atoms with Crippen LogP contribution in [0.15, 0.2) is 28.8 Å². The SMILES string of the molecule is Cc1cnc(-c2cc(N)cc(Cl)c2)o1. The van der Waals surface area contributed by atoms with Crippen molar-refractivity contribution < 1.29 is 4.42 Å². The van der Waals surface area contributed by atoms with Crippen LogP contribution in [-0.2, 0) is 0 Å². The Morgan fingerprint density at radius 2 is 2.14 bits per heavy atom. The van der Waals surface area contributed by atoms with Crippen molar-refractivity contribution in [3.8, 4) is 11.5 Å². The number of nitrogens with two attached hydrogens (primary N) is 1. The highest BCUT2D eigenvalue weighted by atomic mass is 35.5. The molecular formula is C10H9ClN2O. The molecular weight excluding hydrogens is 200 g/mol. The molecule has 2 aromatic rings. The van der Waals surface area contributed by atoms with Gasteiger partial charge in [0, 0.05) is 16.3 Å². The lowest BCUT2D eigenvalue weighted by Gasteiger charge is -1.99. The topological polar surface area (TPSA) is 52.0 Å². The maximum Gasteiger partial charge on any atom is 0.226 e. The lowest BCUT2D eigenvalue weighted by Crippen LogP contribution is -1.86. The Morgan fingerprint density at radius 1 is 1.36 bits per heavy atom. The number of benzene rings is 1. The molecule has 2 rings (SSSR count). The minimum Gasteiger partial charge on any atom is -0.441 e. The van der Waals surface area contributed by atoms with Crippen molar-refractivity contribution >= 4 is 17.3 Å². The van der Waals surface area contributed by atoms with Gasteiger partial charge >= 0.3 is 0 Å². The van der Waals surface area contributed by atoms with Crippen LogP contribution < -0.4 is 5.73 Å². The Bertz CT molecular complexity index is 445. The lowest BCUT2D eigenvalue weighted by atomic mass is 10.2. The average molecular weight is 209 g/mol. The van der Waals surface area contributed by atoms with Gasteiger partial charge in [0.05, 0.1) is 6.20 Å². The number of hydrogen-bond donors (Lipinski definition) is 1. The molecule has 1 aromatic carbocycles. The van der Waals surface area contributed by atoms with E-state index in [0.29, 0.717) is 16.6 Å². The van der Waals surface area contributed by atoms with E-state index < -0.39 is 0 Å². The highest BCUT2D eigenvalue weighted by Gasteiger charge is 2.05.